The molecule has 1 aliphatic rings. The number of halogens is 2. The van der Waals surface area contributed by atoms with E-state index in [4.69, 9.17) is 15.4 Å². The first kappa shape index (κ1) is 16.2. The summed E-state index contributed by atoms with van der Waals surface area (Å²) in [5.41, 5.74) is -0.179. The number of rotatable bonds is 4. The molecule has 8 heteroatoms. The van der Waals surface area contributed by atoms with E-state index in [9.17, 15) is 17.6 Å². The second kappa shape index (κ2) is 6.29. The molecule has 1 unspecified atom stereocenters. The van der Waals surface area contributed by atoms with E-state index in [0.717, 1.165) is 18.6 Å². The fourth-order valence-corrected chi connectivity index (χ4v) is 3.33. The summed E-state index contributed by atoms with van der Waals surface area (Å²) in [6.07, 6.45) is 0.851. The fourth-order valence-electron chi connectivity index (χ4n) is 2.12. The lowest BCUT2D eigenvalue weighted by Crippen LogP contribution is -2.29. The zero-order valence-corrected chi connectivity index (χ0v) is 12.9. The van der Waals surface area contributed by atoms with Gasteiger partial charge in [-0.2, -0.15) is 0 Å². The summed E-state index contributed by atoms with van der Waals surface area (Å²) in [6.45, 7) is 2.93. The molecule has 5 nitrogen and oxygen atoms in total. The maximum atomic E-state index is 13.7. The zero-order chi connectivity index (χ0) is 15.6. The van der Waals surface area contributed by atoms with Crippen LogP contribution >= 0.6 is 10.7 Å². The molecule has 116 valence electrons. The van der Waals surface area contributed by atoms with Gasteiger partial charge in [-0.1, -0.05) is 0 Å². The summed E-state index contributed by atoms with van der Waals surface area (Å²) in [5, 5.41) is 2.64. The van der Waals surface area contributed by atoms with Gasteiger partial charge in [-0.3, -0.25) is 4.79 Å². The smallest absolute Gasteiger partial charge is 0.261 e. The molecule has 1 atom stereocenters. The number of hydrogen-bond acceptors (Lipinski definition) is 4. The fraction of sp³-hybridized carbons (Fsp3) is 0.462. The molecule has 1 fully saturated rings. The van der Waals surface area contributed by atoms with Gasteiger partial charge in [0.05, 0.1) is 11.5 Å². The van der Waals surface area contributed by atoms with Gasteiger partial charge in [-0.05, 0) is 25.5 Å². The molecule has 2 rings (SSSR count). The van der Waals surface area contributed by atoms with E-state index in [0.29, 0.717) is 19.8 Å². The van der Waals surface area contributed by atoms with Crippen molar-refractivity contribution in [3.63, 3.8) is 0 Å². The van der Waals surface area contributed by atoms with Crippen molar-refractivity contribution in [1.29, 1.82) is 0 Å². The summed E-state index contributed by atoms with van der Waals surface area (Å²) in [6, 6.07) is 2.09. The summed E-state index contributed by atoms with van der Waals surface area (Å²) in [4.78, 5) is 11.6. The van der Waals surface area contributed by atoms with Gasteiger partial charge in [0.15, 0.2) is 0 Å². The van der Waals surface area contributed by atoms with Gasteiger partial charge in [0.25, 0.3) is 15.0 Å². The van der Waals surface area contributed by atoms with Crippen LogP contribution in [0.15, 0.2) is 17.0 Å². The maximum absolute atomic E-state index is 13.7. The van der Waals surface area contributed by atoms with Crippen molar-refractivity contribution in [1.82, 2.24) is 5.32 Å². The van der Waals surface area contributed by atoms with Crippen LogP contribution in [0.1, 0.15) is 22.3 Å². The Morgan fingerprint density at radius 3 is 2.81 bits per heavy atom. The summed E-state index contributed by atoms with van der Waals surface area (Å²) < 4.78 is 41.7. The molecule has 1 amide bonds. The average Bonchev–Trinajstić information content (AvgIpc) is 2.90. The van der Waals surface area contributed by atoms with Crippen LogP contribution < -0.4 is 5.32 Å². The second-order valence-electron chi connectivity index (χ2n) is 4.96. The van der Waals surface area contributed by atoms with Crippen molar-refractivity contribution in [3.8, 4) is 0 Å². The lowest BCUT2D eigenvalue weighted by molar-refractivity contribution is 0.0944. The highest BCUT2D eigenvalue weighted by Crippen LogP contribution is 2.24. The first-order chi connectivity index (χ1) is 9.79. The largest absolute Gasteiger partial charge is 0.381 e. The van der Waals surface area contributed by atoms with E-state index in [2.05, 4.69) is 5.32 Å². The van der Waals surface area contributed by atoms with E-state index in [-0.39, 0.29) is 17.0 Å². The molecule has 1 saturated heterocycles. The summed E-state index contributed by atoms with van der Waals surface area (Å²) in [7, 11) is 1.14. The Kier molecular flexibility index (Phi) is 4.85. The lowest BCUT2D eigenvalue weighted by Gasteiger charge is -2.11. The van der Waals surface area contributed by atoms with E-state index in [1.54, 1.807) is 0 Å². The molecule has 0 aromatic heterocycles. The molecular weight excluding hydrogens is 321 g/mol. The first-order valence-corrected chi connectivity index (χ1v) is 8.70. The van der Waals surface area contributed by atoms with Gasteiger partial charge >= 0.3 is 0 Å². The van der Waals surface area contributed by atoms with Gasteiger partial charge < -0.3 is 10.1 Å². The van der Waals surface area contributed by atoms with Gasteiger partial charge in [-0.25, -0.2) is 12.8 Å². The molecule has 0 aliphatic carbocycles. The third-order valence-electron chi connectivity index (χ3n) is 3.40. The van der Waals surface area contributed by atoms with Gasteiger partial charge in [0.1, 0.15) is 5.82 Å². The van der Waals surface area contributed by atoms with Gasteiger partial charge in [0.2, 0.25) is 0 Å². The van der Waals surface area contributed by atoms with Crippen LogP contribution in [0.25, 0.3) is 0 Å². The molecule has 0 radical (unpaired) electrons. The van der Waals surface area contributed by atoms with Crippen LogP contribution in [-0.2, 0) is 13.8 Å². The molecule has 1 aromatic carbocycles. The van der Waals surface area contributed by atoms with Crippen LogP contribution in [0.2, 0.25) is 0 Å². The minimum Gasteiger partial charge on any atom is -0.381 e. The number of benzene rings is 1. The topological polar surface area (TPSA) is 72.5 Å². The highest BCUT2D eigenvalue weighted by molar-refractivity contribution is 8.13. The summed E-state index contributed by atoms with van der Waals surface area (Å²) in [5.74, 6) is -1.10. The number of carbonyl (C=O) groups is 1. The molecule has 0 spiro atoms. The van der Waals surface area contributed by atoms with Crippen molar-refractivity contribution in [2.24, 2.45) is 5.92 Å². The summed E-state index contributed by atoms with van der Waals surface area (Å²) >= 11 is 0. The Balaban J connectivity index is 2.19. The number of ether oxygens (including phenoxy) is 1. The highest BCUT2D eigenvalue weighted by Gasteiger charge is 2.21. The number of hydrogen-bond donors (Lipinski definition) is 1. The Morgan fingerprint density at radius 1 is 1.52 bits per heavy atom. The lowest BCUT2D eigenvalue weighted by atomic mass is 10.1. The van der Waals surface area contributed by atoms with E-state index in [1.165, 1.54) is 6.92 Å². The van der Waals surface area contributed by atoms with E-state index >= 15 is 0 Å². The van der Waals surface area contributed by atoms with Gasteiger partial charge in [0, 0.05) is 40.9 Å². The van der Waals surface area contributed by atoms with Crippen molar-refractivity contribution >= 4 is 25.6 Å². The van der Waals surface area contributed by atoms with Crippen LogP contribution in [0, 0.1) is 18.7 Å². The van der Waals surface area contributed by atoms with E-state index < -0.39 is 25.7 Å². The molecule has 21 heavy (non-hydrogen) atoms. The average molecular weight is 336 g/mol. The Hall–Kier alpha value is -1.18. The van der Waals surface area contributed by atoms with Gasteiger partial charge in [-0.15, -0.1) is 0 Å². The van der Waals surface area contributed by atoms with Crippen LogP contribution in [0.3, 0.4) is 0 Å². The SMILES string of the molecule is Cc1c(F)cc(C(=O)NCC2CCOC2)cc1S(=O)(=O)Cl. The van der Waals surface area contributed by atoms with Crippen molar-refractivity contribution < 1.29 is 22.3 Å². The molecule has 1 aliphatic heterocycles. The predicted octanol–water partition coefficient (Wildman–Crippen LogP) is 1.83. The van der Waals surface area contributed by atoms with Crippen molar-refractivity contribution in [2.75, 3.05) is 19.8 Å². The van der Waals surface area contributed by atoms with Crippen LogP contribution in [0.4, 0.5) is 4.39 Å². The second-order valence-corrected chi connectivity index (χ2v) is 7.49. The molecular formula is C13H15ClFNO4S. The molecule has 1 aromatic rings. The Bertz CT molecular complexity index is 656. The maximum Gasteiger partial charge on any atom is 0.261 e. The number of nitrogens with one attached hydrogen (secondary N) is 1. The predicted molar refractivity (Wildman–Crippen MR) is 75.4 cm³/mol. The Morgan fingerprint density at radius 2 is 2.24 bits per heavy atom. The molecule has 0 saturated carbocycles. The minimum absolute atomic E-state index is 0.0729. The molecule has 1 heterocycles. The third kappa shape index (κ3) is 3.93. The first-order valence-electron chi connectivity index (χ1n) is 6.40. The zero-order valence-electron chi connectivity index (χ0n) is 11.4. The van der Waals surface area contributed by atoms with Crippen LogP contribution in [0.5, 0.6) is 0 Å². The highest BCUT2D eigenvalue weighted by atomic mass is 35.7. The van der Waals surface area contributed by atoms with Crippen molar-refractivity contribution in [2.45, 2.75) is 18.2 Å². The number of carbonyl (C=O) groups excluding carboxylic acids is 1. The Labute approximate surface area is 126 Å². The normalized spacial score (nSPS) is 18.7. The monoisotopic (exact) mass is 335 g/mol. The van der Waals surface area contributed by atoms with E-state index in [1.807, 2.05) is 0 Å². The quantitative estimate of drug-likeness (QED) is 0.852. The standard InChI is InChI=1S/C13H15ClFNO4S/c1-8-11(15)4-10(5-12(8)21(14,18)19)13(17)16-6-9-2-3-20-7-9/h4-5,9H,2-3,6-7H2,1H3,(H,16,17). The number of amides is 1. The molecule has 0 bridgehead atoms. The third-order valence-corrected chi connectivity index (χ3v) is 4.84. The van der Waals surface area contributed by atoms with Crippen molar-refractivity contribution in [3.05, 3.63) is 29.1 Å². The minimum atomic E-state index is -4.11. The van der Waals surface area contributed by atoms with Crippen LogP contribution in [-0.4, -0.2) is 34.1 Å². The molecule has 1 N–H and O–H groups in total.